The summed E-state index contributed by atoms with van der Waals surface area (Å²) >= 11 is 1.04. The van der Waals surface area contributed by atoms with Gasteiger partial charge in [0.15, 0.2) is 0 Å². The monoisotopic (exact) mass is 324 g/mol. The van der Waals surface area contributed by atoms with Crippen molar-refractivity contribution in [1.82, 2.24) is 5.32 Å². The van der Waals surface area contributed by atoms with Gasteiger partial charge in [0.2, 0.25) is 5.91 Å². The second-order valence-corrected chi connectivity index (χ2v) is 5.94. The molecule has 0 spiro atoms. The fourth-order valence-corrected chi connectivity index (χ4v) is 1.93. The summed E-state index contributed by atoms with van der Waals surface area (Å²) in [6, 6.07) is 7.74. The number of ether oxygens (including phenoxy) is 1. The molecule has 122 valence electrons. The number of anilines is 1. The Morgan fingerprint density at radius 1 is 1.23 bits per heavy atom. The highest BCUT2D eigenvalue weighted by Gasteiger charge is 2.04. The van der Waals surface area contributed by atoms with Crippen molar-refractivity contribution in [3.63, 3.8) is 0 Å². The Hall–Kier alpha value is -1.53. The lowest BCUT2D eigenvalue weighted by molar-refractivity contribution is -0.116. The SMILES string of the molecule is CSC(=O)OCc1ccc(NC(=O)CCCNC(C)C)cc1. The average molecular weight is 324 g/mol. The Bertz CT molecular complexity index is 475. The minimum Gasteiger partial charge on any atom is -0.453 e. The van der Waals surface area contributed by atoms with Crippen LogP contribution in [0, 0.1) is 0 Å². The molecular formula is C16H24N2O3S. The Balaban J connectivity index is 2.31. The van der Waals surface area contributed by atoms with Crippen LogP contribution < -0.4 is 10.6 Å². The van der Waals surface area contributed by atoms with Crippen molar-refractivity contribution in [3.05, 3.63) is 29.8 Å². The van der Waals surface area contributed by atoms with Crippen LogP contribution >= 0.6 is 11.8 Å². The molecule has 0 aliphatic heterocycles. The lowest BCUT2D eigenvalue weighted by atomic mass is 10.2. The molecule has 1 aromatic carbocycles. The van der Waals surface area contributed by atoms with E-state index in [1.165, 1.54) is 0 Å². The predicted octanol–water partition coefficient (Wildman–Crippen LogP) is 3.40. The summed E-state index contributed by atoms with van der Waals surface area (Å²) < 4.78 is 5.01. The van der Waals surface area contributed by atoms with E-state index in [-0.39, 0.29) is 17.8 Å². The van der Waals surface area contributed by atoms with Crippen molar-refractivity contribution in [1.29, 1.82) is 0 Å². The third-order valence-corrected chi connectivity index (χ3v) is 3.35. The van der Waals surface area contributed by atoms with Crippen LogP contribution in [-0.4, -0.2) is 30.1 Å². The van der Waals surface area contributed by atoms with Gasteiger partial charge in [0.05, 0.1) is 0 Å². The Kier molecular flexibility index (Phi) is 8.62. The zero-order chi connectivity index (χ0) is 16.4. The number of hydrogen-bond acceptors (Lipinski definition) is 5. The van der Waals surface area contributed by atoms with Crippen molar-refractivity contribution in [2.45, 2.75) is 39.3 Å². The van der Waals surface area contributed by atoms with Crippen LogP contribution in [0.25, 0.3) is 0 Å². The van der Waals surface area contributed by atoms with Gasteiger partial charge in [-0.2, -0.15) is 0 Å². The van der Waals surface area contributed by atoms with Gasteiger partial charge in [0.25, 0.3) is 0 Å². The predicted molar refractivity (Wildman–Crippen MR) is 91.1 cm³/mol. The number of nitrogens with one attached hydrogen (secondary N) is 2. The second kappa shape index (κ2) is 10.2. The summed E-state index contributed by atoms with van der Waals surface area (Å²) in [6.07, 6.45) is 2.98. The van der Waals surface area contributed by atoms with Crippen LogP contribution in [0.4, 0.5) is 10.5 Å². The minimum absolute atomic E-state index is 0.00659. The van der Waals surface area contributed by atoms with E-state index in [1.807, 2.05) is 24.3 Å². The number of benzene rings is 1. The van der Waals surface area contributed by atoms with Gasteiger partial charge in [0.1, 0.15) is 6.61 Å². The van der Waals surface area contributed by atoms with E-state index in [0.717, 1.165) is 36.0 Å². The number of carbonyl (C=O) groups is 2. The Morgan fingerprint density at radius 2 is 1.91 bits per heavy atom. The van der Waals surface area contributed by atoms with Crippen molar-refractivity contribution in [2.75, 3.05) is 18.1 Å². The summed E-state index contributed by atoms with van der Waals surface area (Å²) in [5.74, 6) is 0.00659. The highest BCUT2D eigenvalue weighted by molar-refractivity contribution is 8.12. The molecular weight excluding hydrogens is 300 g/mol. The molecule has 0 saturated heterocycles. The number of rotatable bonds is 8. The molecule has 1 rings (SSSR count). The van der Waals surface area contributed by atoms with E-state index in [2.05, 4.69) is 24.5 Å². The smallest absolute Gasteiger partial charge is 0.367 e. The van der Waals surface area contributed by atoms with Crippen LogP contribution in [0.2, 0.25) is 0 Å². The maximum absolute atomic E-state index is 11.8. The van der Waals surface area contributed by atoms with Crippen LogP contribution in [0.3, 0.4) is 0 Å². The van der Waals surface area contributed by atoms with Crippen molar-refractivity contribution in [3.8, 4) is 0 Å². The lowest BCUT2D eigenvalue weighted by Gasteiger charge is -2.09. The van der Waals surface area contributed by atoms with Crippen molar-refractivity contribution in [2.24, 2.45) is 0 Å². The molecule has 5 nitrogen and oxygen atoms in total. The Labute approximate surface area is 136 Å². The fraction of sp³-hybridized carbons (Fsp3) is 0.500. The van der Waals surface area contributed by atoms with E-state index >= 15 is 0 Å². The third kappa shape index (κ3) is 8.05. The van der Waals surface area contributed by atoms with Gasteiger partial charge < -0.3 is 15.4 Å². The van der Waals surface area contributed by atoms with Crippen LogP contribution in [0.15, 0.2) is 24.3 Å². The summed E-state index contributed by atoms with van der Waals surface area (Å²) in [5, 5.41) is 5.83. The van der Waals surface area contributed by atoms with Crippen molar-refractivity contribution >= 4 is 28.7 Å². The largest absolute Gasteiger partial charge is 0.453 e. The number of hydrogen-bond donors (Lipinski definition) is 2. The van der Waals surface area contributed by atoms with Gasteiger partial charge in [-0.25, -0.2) is 4.79 Å². The standard InChI is InChI=1S/C16H24N2O3S/c1-12(2)17-10-4-5-15(19)18-14-8-6-13(7-9-14)11-21-16(20)22-3/h6-9,12,17H,4-5,10-11H2,1-3H3,(H,18,19). The maximum Gasteiger partial charge on any atom is 0.367 e. The third-order valence-electron chi connectivity index (χ3n) is 2.89. The number of carbonyl (C=O) groups excluding carboxylic acids is 2. The molecule has 0 aromatic heterocycles. The van der Waals surface area contributed by atoms with Gasteiger partial charge in [0, 0.05) is 18.2 Å². The molecule has 2 N–H and O–H groups in total. The molecule has 0 atom stereocenters. The molecule has 22 heavy (non-hydrogen) atoms. The molecule has 1 amide bonds. The van der Waals surface area contributed by atoms with E-state index in [0.29, 0.717) is 12.5 Å². The van der Waals surface area contributed by atoms with Crippen LogP contribution in [-0.2, 0) is 16.1 Å². The highest BCUT2D eigenvalue weighted by atomic mass is 32.2. The summed E-state index contributed by atoms with van der Waals surface area (Å²) in [5.41, 5.74) is 1.64. The molecule has 0 fully saturated rings. The molecule has 1 aromatic rings. The first kappa shape index (κ1) is 18.5. The van der Waals surface area contributed by atoms with E-state index < -0.39 is 0 Å². The maximum atomic E-state index is 11.8. The van der Waals surface area contributed by atoms with Crippen molar-refractivity contribution < 1.29 is 14.3 Å². The zero-order valence-corrected chi connectivity index (χ0v) is 14.2. The van der Waals surface area contributed by atoms with Gasteiger partial charge in [-0.05, 0) is 48.7 Å². The fourth-order valence-electron chi connectivity index (χ4n) is 1.75. The first-order valence-electron chi connectivity index (χ1n) is 7.34. The molecule has 0 saturated carbocycles. The minimum atomic E-state index is -0.299. The average Bonchev–Trinajstić information content (AvgIpc) is 2.50. The van der Waals surface area contributed by atoms with Crippen LogP contribution in [0.1, 0.15) is 32.3 Å². The first-order valence-corrected chi connectivity index (χ1v) is 8.56. The summed E-state index contributed by atoms with van der Waals surface area (Å²) in [6.45, 7) is 5.25. The lowest BCUT2D eigenvalue weighted by Crippen LogP contribution is -2.24. The molecule has 0 heterocycles. The number of thioether (sulfide) groups is 1. The Morgan fingerprint density at radius 3 is 2.50 bits per heavy atom. The quantitative estimate of drug-likeness (QED) is 0.566. The second-order valence-electron chi connectivity index (χ2n) is 5.20. The van der Waals surface area contributed by atoms with Gasteiger partial charge in [-0.1, -0.05) is 26.0 Å². The van der Waals surface area contributed by atoms with E-state index in [4.69, 9.17) is 4.74 Å². The molecule has 0 aliphatic rings. The highest BCUT2D eigenvalue weighted by Crippen LogP contribution is 2.12. The first-order chi connectivity index (χ1) is 10.5. The molecule has 0 unspecified atom stereocenters. The molecule has 0 radical (unpaired) electrons. The van der Waals surface area contributed by atoms with Crippen LogP contribution in [0.5, 0.6) is 0 Å². The molecule has 0 aliphatic carbocycles. The molecule has 6 heteroatoms. The summed E-state index contributed by atoms with van der Waals surface area (Å²) in [4.78, 5) is 22.8. The number of amides is 1. The van der Waals surface area contributed by atoms with E-state index in [1.54, 1.807) is 6.26 Å². The summed E-state index contributed by atoms with van der Waals surface area (Å²) in [7, 11) is 0. The normalized spacial score (nSPS) is 10.5. The van der Waals surface area contributed by atoms with Gasteiger partial charge >= 0.3 is 5.30 Å². The topological polar surface area (TPSA) is 67.4 Å². The van der Waals surface area contributed by atoms with Gasteiger partial charge in [-0.15, -0.1) is 0 Å². The van der Waals surface area contributed by atoms with E-state index in [9.17, 15) is 9.59 Å². The zero-order valence-electron chi connectivity index (χ0n) is 13.3. The van der Waals surface area contributed by atoms with Gasteiger partial charge in [-0.3, -0.25) is 4.79 Å². The molecule has 0 bridgehead atoms.